The highest BCUT2D eigenvalue weighted by Crippen LogP contribution is 2.15. The summed E-state index contributed by atoms with van der Waals surface area (Å²) in [6, 6.07) is 43.3. The highest BCUT2D eigenvalue weighted by molar-refractivity contribution is 7.10. The molecule has 0 heterocycles. The fourth-order valence-electron chi connectivity index (χ4n) is 4.36. The molecule has 166 valence electrons. The van der Waals surface area contributed by atoms with Crippen LogP contribution >= 0.6 is 0 Å². The molecule has 0 radical (unpaired) electrons. The molecule has 5 heteroatoms. The van der Waals surface area contributed by atoms with Crippen molar-refractivity contribution in [1.29, 1.82) is 0 Å². The van der Waals surface area contributed by atoms with Crippen molar-refractivity contribution in [2.45, 2.75) is 18.9 Å². The van der Waals surface area contributed by atoms with Gasteiger partial charge in [-0.3, -0.25) is 4.79 Å². The van der Waals surface area contributed by atoms with Gasteiger partial charge in [-0.15, -0.1) is 0 Å². The molecular weight excluding hydrogens is 438 g/mol. The van der Waals surface area contributed by atoms with Gasteiger partial charge in [-0.2, -0.15) is 0 Å². The SMILES string of the molecule is NC(=O)CCC[SiH](O[Si](c1ccccc1)(c1ccccc1)c1ccccc1)c1ccccc1. The van der Waals surface area contributed by atoms with Gasteiger partial charge in [0.1, 0.15) is 0 Å². The van der Waals surface area contributed by atoms with Crippen molar-refractivity contribution in [1.82, 2.24) is 0 Å². The first-order chi connectivity index (χ1) is 16.2. The standard InChI is InChI=1S/C28H29NO2Si2/c29-28(30)22-13-23-32(24-14-5-1-6-15-24)31-33(25-16-7-2-8-17-25,26-18-9-3-10-19-26)27-20-11-4-12-21-27/h1-12,14-21,32H,13,22-23H2,(H2,29,30). The minimum Gasteiger partial charge on any atom is -0.444 e. The maximum atomic E-state index is 11.5. The van der Waals surface area contributed by atoms with E-state index in [0.29, 0.717) is 6.42 Å². The zero-order valence-corrected chi connectivity index (χ0v) is 20.8. The van der Waals surface area contributed by atoms with Crippen LogP contribution in [-0.2, 0) is 8.91 Å². The van der Waals surface area contributed by atoms with Crippen LogP contribution in [0.15, 0.2) is 121 Å². The number of benzene rings is 4. The lowest BCUT2D eigenvalue weighted by atomic mass is 10.3. The number of rotatable bonds is 10. The summed E-state index contributed by atoms with van der Waals surface area (Å²) in [4.78, 5) is 11.5. The Morgan fingerprint density at radius 1 is 0.667 bits per heavy atom. The largest absolute Gasteiger partial charge is 0.444 e. The Bertz CT molecular complexity index is 1040. The zero-order valence-electron chi connectivity index (χ0n) is 18.6. The molecule has 3 nitrogen and oxygen atoms in total. The number of hydrogen-bond donors (Lipinski definition) is 1. The van der Waals surface area contributed by atoms with Gasteiger partial charge in [0.2, 0.25) is 5.91 Å². The smallest absolute Gasteiger partial charge is 0.278 e. The first-order valence-corrected chi connectivity index (χ1v) is 15.1. The summed E-state index contributed by atoms with van der Waals surface area (Å²) in [5.41, 5.74) is 5.46. The van der Waals surface area contributed by atoms with Crippen LogP contribution in [0, 0.1) is 0 Å². The van der Waals surface area contributed by atoms with Gasteiger partial charge >= 0.3 is 0 Å². The van der Waals surface area contributed by atoms with E-state index in [-0.39, 0.29) is 5.91 Å². The number of nitrogens with two attached hydrogens (primary N) is 1. The van der Waals surface area contributed by atoms with Crippen LogP contribution in [0.1, 0.15) is 12.8 Å². The molecule has 0 fully saturated rings. The van der Waals surface area contributed by atoms with Crippen molar-refractivity contribution < 1.29 is 8.91 Å². The molecule has 4 aromatic carbocycles. The summed E-state index contributed by atoms with van der Waals surface area (Å²) in [7, 11) is -4.73. The van der Waals surface area contributed by atoms with E-state index in [1.54, 1.807) is 0 Å². The van der Waals surface area contributed by atoms with E-state index < -0.39 is 17.4 Å². The van der Waals surface area contributed by atoms with Crippen LogP contribution in [0.5, 0.6) is 0 Å². The number of primary amides is 1. The zero-order chi connectivity index (χ0) is 22.9. The molecule has 0 saturated carbocycles. The van der Waals surface area contributed by atoms with Crippen molar-refractivity contribution in [3.63, 3.8) is 0 Å². The molecule has 1 unspecified atom stereocenters. The predicted octanol–water partition coefficient (Wildman–Crippen LogP) is 2.57. The van der Waals surface area contributed by atoms with Crippen LogP contribution in [0.2, 0.25) is 6.04 Å². The summed E-state index contributed by atoms with van der Waals surface area (Å²) < 4.78 is 7.49. The highest BCUT2D eigenvalue weighted by atomic mass is 28.4. The number of carbonyl (C=O) groups excluding carboxylic acids is 1. The van der Waals surface area contributed by atoms with Gasteiger partial charge in [0.05, 0.1) is 0 Å². The van der Waals surface area contributed by atoms with Crippen molar-refractivity contribution in [3.8, 4) is 0 Å². The molecule has 4 aromatic rings. The maximum absolute atomic E-state index is 11.5. The van der Waals surface area contributed by atoms with Crippen molar-refractivity contribution in [2.24, 2.45) is 5.73 Å². The van der Waals surface area contributed by atoms with Crippen molar-refractivity contribution in [2.75, 3.05) is 0 Å². The Morgan fingerprint density at radius 2 is 1.06 bits per heavy atom. The van der Waals surface area contributed by atoms with Gasteiger partial charge < -0.3 is 9.85 Å². The second kappa shape index (κ2) is 11.1. The molecule has 0 spiro atoms. The molecule has 0 saturated heterocycles. The average Bonchev–Trinajstić information content (AvgIpc) is 2.88. The van der Waals surface area contributed by atoms with E-state index in [4.69, 9.17) is 9.85 Å². The number of hydrogen-bond acceptors (Lipinski definition) is 2. The molecule has 0 aliphatic carbocycles. The Kier molecular flexibility index (Phi) is 7.68. The first-order valence-electron chi connectivity index (χ1n) is 11.4. The summed E-state index contributed by atoms with van der Waals surface area (Å²) >= 11 is 0. The fraction of sp³-hybridized carbons (Fsp3) is 0.107. The van der Waals surface area contributed by atoms with Gasteiger partial charge in [-0.1, -0.05) is 121 Å². The molecule has 33 heavy (non-hydrogen) atoms. The van der Waals surface area contributed by atoms with Gasteiger partial charge in [0.25, 0.3) is 8.32 Å². The third kappa shape index (κ3) is 5.39. The van der Waals surface area contributed by atoms with Gasteiger partial charge in [-0.25, -0.2) is 0 Å². The number of carbonyl (C=O) groups is 1. The average molecular weight is 468 g/mol. The van der Waals surface area contributed by atoms with E-state index in [2.05, 4.69) is 115 Å². The summed E-state index contributed by atoms with van der Waals surface area (Å²) in [6.45, 7) is 0. The Labute approximate surface area is 198 Å². The topological polar surface area (TPSA) is 52.3 Å². The summed E-state index contributed by atoms with van der Waals surface area (Å²) in [6.07, 6.45) is 1.13. The Hall–Kier alpha value is -3.26. The van der Waals surface area contributed by atoms with Crippen LogP contribution in [0.4, 0.5) is 0 Å². The van der Waals surface area contributed by atoms with Crippen molar-refractivity contribution >= 4 is 44.0 Å². The van der Waals surface area contributed by atoms with Crippen LogP contribution < -0.4 is 26.5 Å². The minimum atomic E-state index is -2.80. The van der Waals surface area contributed by atoms with E-state index in [0.717, 1.165) is 12.5 Å². The monoisotopic (exact) mass is 467 g/mol. The van der Waals surface area contributed by atoms with Gasteiger partial charge in [0.15, 0.2) is 9.04 Å². The second-order valence-electron chi connectivity index (χ2n) is 8.15. The molecule has 0 aromatic heterocycles. The summed E-state index contributed by atoms with van der Waals surface area (Å²) in [5, 5.41) is 4.93. The lowest BCUT2D eigenvalue weighted by Crippen LogP contribution is -2.71. The lowest BCUT2D eigenvalue weighted by molar-refractivity contribution is -0.118. The van der Waals surface area contributed by atoms with Gasteiger partial charge in [-0.05, 0) is 33.2 Å². The molecule has 4 rings (SSSR count). The normalized spacial score (nSPS) is 12.2. The van der Waals surface area contributed by atoms with Crippen LogP contribution in [0.25, 0.3) is 0 Å². The first kappa shape index (κ1) is 22.9. The molecule has 0 aliphatic rings. The third-order valence-corrected chi connectivity index (χ3v) is 14.0. The molecule has 1 atom stereocenters. The quantitative estimate of drug-likeness (QED) is 0.288. The van der Waals surface area contributed by atoms with Crippen LogP contribution in [-0.4, -0.2) is 23.3 Å². The van der Waals surface area contributed by atoms with E-state index in [1.165, 1.54) is 20.7 Å². The van der Waals surface area contributed by atoms with E-state index in [1.807, 2.05) is 6.07 Å². The maximum Gasteiger partial charge on any atom is 0.278 e. The molecule has 2 N–H and O–H groups in total. The predicted molar refractivity (Wildman–Crippen MR) is 142 cm³/mol. The van der Waals surface area contributed by atoms with Crippen LogP contribution in [0.3, 0.4) is 0 Å². The van der Waals surface area contributed by atoms with Crippen molar-refractivity contribution in [3.05, 3.63) is 121 Å². The second-order valence-corrected chi connectivity index (χ2v) is 14.4. The highest BCUT2D eigenvalue weighted by Gasteiger charge is 2.43. The number of amides is 1. The van der Waals surface area contributed by atoms with E-state index >= 15 is 0 Å². The third-order valence-electron chi connectivity index (χ3n) is 5.92. The molecule has 0 aliphatic heterocycles. The minimum absolute atomic E-state index is 0.256. The lowest BCUT2D eigenvalue weighted by Gasteiger charge is -2.37. The molecule has 1 amide bonds. The Morgan fingerprint density at radius 3 is 1.45 bits per heavy atom. The summed E-state index contributed by atoms with van der Waals surface area (Å²) in [5.74, 6) is -0.256. The fourth-order valence-corrected chi connectivity index (χ4v) is 13.3. The molecular formula is C28H29NO2Si2. The molecule has 0 bridgehead atoms. The van der Waals surface area contributed by atoms with Gasteiger partial charge in [0, 0.05) is 6.42 Å². The van der Waals surface area contributed by atoms with E-state index in [9.17, 15) is 4.79 Å². The Balaban J connectivity index is 1.88.